The van der Waals surface area contributed by atoms with Gasteiger partial charge in [0.25, 0.3) is 5.89 Å². The Morgan fingerprint density at radius 2 is 2.08 bits per heavy atom. The predicted molar refractivity (Wildman–Crippen MR) is 97.6 cm³/mol. The zero-order valence-electron chi connectivity index (χ0n) is 15.0. The van der Waals surface area contributed by atoms with Crippen LogP contribution in [0.15, 0.2) is 15.4 Å². The van der Waals surface area contributed by atoms with E-state index in [0.717, 1.165) is 12.8 Å². The molecular formula is C16H22N4O4S2. The van der Waals surface area contributed by atoms with Gasteiger partial charge < -0.3 is 9.32 Å². The van der Waals surface area contributed by atoms with Crippen LogP contribution >= 0.6 is 11.3 Å². The van der Waals surface area contributed by atoms with Crippen molar-refractivity contribution in [3.8, 4) is 10.8 Å². The fourth-order valence-corrected chi connectivity index (χ4v) is 5.55. The summed E-state index contributed by atoms with van der Waals surface area (Å²) in [6.45, 7) is 6.84. The Morgan fingerprint density at radius 1 is 1.38 bits per heavy atom. The second-order valence-electron chi connectivity index (χ2n) is 6.37. The van der Waals surface area contributed by atoms with Crippen LogP contribution in [0.4, 0.5) is 0 Å². The van der Waals surface area contributed by atoms with Crippen molar-refractivity contribution in [1.82, 2.24) is 19.8 Å². The lowest BCUT2D eigenvalue weighted by molar-refractivity contribution is 0.0754. The Morgan fingerprint density at radius 3 is 2.73 bits per heavy atom. The van der Waals surface area contributed by atoms with Gasteiger partial charge in [0, 0.05) is 24.0 Å². The van der Waals surface area contributed by atoms with Crippen LogP contribution in [0.3, 0.4) is 0 Å². The molecule has 0 aromatic carbocycles. The van der Waals surface area contributed by atoms with Crippen molar-refractivity contribution in [3.63, 3.8) is 0 Å². The van der Waals surface area contributed by atoms with Crippen LogP contribution in [-0.2, 0) is 10.0 Å². The van der Waals surface area contributed by atoms with Crippen LogP contribution < -0.4 is 4.72 Å². The molecule has 1 amide bonds. The zero-order chi connectivity index (χ0) is 18.9. The van der Waals surface area contributed by atoms with Gasteiger partial charge in [0.15, 0.2) is 0 Å². The van der Waals surface area contributed by atoms with Crippen molar-refractivity contribution in [2.24, 2.45) is 0 Å². The van der Waals surface area contributed by atoms with Crippen molar-refractivity contribution in [2.75, 3.05) is 13.1 Å². The van der Waals surface area contributed by atoms with Crippen LogP contribution in [0, 0.1) is 6.92 Å². The molecule has 1 unspecified atom stereocenters. The number of likely N-dealkylation sites (tertiary alicyclic amines) is 1. The first-order valence-electron chi connectivity index (χ1n) is 8.57. The maximum Gasteiger partial charge on any atom is 0.311 e. The summed E-state index contributed by atoms with van der Waals surface area (Å²) in [7, 11) is -3.62. The molecule has 1 aliphatic rings. The maximum absolute atomic E-state index is 12.5. The van der Waals surface area contributed by atoms with Crippen molar-refractivity contribution in [1.29, 1.82) is 0 Å². The van der Waals surface area contributed by atoms with E-state index in [1.54, 1.807) is 11.8 Å². The Hall–Kier alpha value is -1.78. The molecule has 0 spiro atoms. The number of rotatable bonds is 6. The normalized spacial score (nSPS) is 16.2. The van der Waals surface area contributed by atoms with E-state index in [4.69, 9.17) is 4.42 Å². The lowest BCUT2D eigenvalue weighted by Gasteiger charge is -2.11. The Kier molecular flexibility index (Phi) is 5.44. The molecule has 0 aliphatic carbocycles. The van der Waals surface area contributed by atoms with Gasteiger partial charge in [-0.3, -0.25) is 4.79 Å². The molecule has 142 valence electrons. The minimum absolute atomic E-state index is 0.0601. The fourth-order valence-electron chi connectivity index (χ4n) is 2.71. The summed E-state index contributed by atoms with van der Waals surface area (Å²) in [5.41, 5.74) is 0. The number of amides is 1. The van der Waals surface area contributed by atoms with Crippen molar-refractivity contribution >= 4 is 27.3 Å². The summed E-state index contributed by atoms with van der Waals surface area (Å²) >= 11 is 1.25. The SMILES string of the molecule is CCC(C)NS(=O)(=O)c1cc(-c2nnc(C(=O)N3CCCC3)o2)sc1C. The zero-order valence-corrected chi connectivity index (χ0v) is 16.6. The Bertz CT molecular complexity index is 897. The van der Waals surface area contributed by atoms with E-state index in [1.807, 2.05) is 13.8 Å². The van der Waals surface area contributed by atoms with Crippen LogP contribution in [0.25, 0.3) is 10.8 Å². The van der Waals surface area contributed by atoms with Crippen molar-refractivity contribution in [2.45, 2.75) is 51.0 Å². The smallest absolute Gasteiger partial charge is 0.311 e. The second-order valence-corrected chi connectivity index (χ2v) is 9.31. The fraction of sp³-hybridized carbons (Fsp3) is 0.562. The van der Waals surface area contributed by atoms with Gasteiger partial charge in [-0.1, -0.05) is 6.92 Å². The minimum atomic E-state index is -3.62. The topological polar surface area (TPSA) is 105 Å². The standard InChI is InChI=1S/C16H22N4O4S2/c1-4-10(2)19-26(22,23)13-9-12(25-11(13)3)14-17-18-15(24-14)16(21)20-7-5-6-8-20/h9-10,19H,4-8H2,1-3H3. The van der Waals surface area contributed by atoms with E-state index >= 15 is 0 Å². The summed E-state index contributed by atoms with van der Waals surface area (Å²) in [4.78, 5) is 15.3. The molecule has 1 fully saturated rings. The van der Waals surface area contributed by atoms with E-state index < -0.39 is 10.0 Å². The minimum Gasteiger partial charge on any atom is -0.411 e. The number of hydrogen-bond acceptors (Lipinski definition) is 7. The molecule has 2 aromatic heterocycles. The van der Waals surface area contributed by atoms with Gasteiger partial charge in [0.1, 0.15) is 0 Å². The van der Waals surface area contributed by atoms with Gasteiger partial charge in [-0.2, -0.15) is 0 Å². The summed E-state index contributed by atoms with van der Waals surface area (Å²) < 4.78 is 33.2. The summed E-state index contributed by atoms with van der Waals surface area (Å²) in [6.07, 6.45) is 2.64. The number of carbonyl (C=O) groups excluding carboxylic acids is 1. The number of nitrogens with one attached hydrogen (secondary N) is 1. The number of aryl methyl sites for hydroxylation is 1. The number of thiophene rings is 1. The average molecular weight is 399 g/mol. The number of carbonyl (C=O) groups is 1. The van der Waals surface area contributed by atoms with E-state index in [0.29, 0.717) is 29.3 Å². The molecule has 2 aromatic rings. The molecule has 0 bridgehead atoms. The van der Waals surface area contributed by atoms with Gasteiger partial charge in [0.2, 0.25) is 10.0 Å². The monoisotopic (exact) mass is 398 g/mol. The number of sulfonamides is 1. The highest BCUT2D eigenvalue weighted by Gasteiger charge is 2.27. The van der Waals surface area contributed by atoms with E-state index in [-0.39, 0.29) is 28.6 Å². The molecule has 1 saturated heterocycles. The lowest BCUT2D eigenvalue weighted by atomic mass is 10.3. The van der Waals surface area contributed by atoms with Gasteiger partial charge >= 0.3 is 11.8 Å². The molecule has 3 rings (SSSR count). The number of hydrogen-bond donors (Lipinski definition) is 1. The van der Waals surface area contributed by atoms with Gasteiger partial charge in [-0.25, -0.2) is 13.1 Å². The summed E-state index contributed by atoms with van der Waals surface area (Å²) in [5, 5.41) is 7.76. The van der Waals surface area contributed by atoms with Crippen molar-refractivity contribution in [3.05, 3.63) is 16.8 Å². The Labute approximate surface area is 156 Å². The first-order chi connectivity index (χ1) is 12.3. The molecular weight excluding hydrogens is 376 g/mol. The molecule has 1 aliphatic heterocycles. The third-order valence-corrected chi connectivity index (χ3v) is 7.23. The van der Waals surface area contributed by atoms with Gasteiger partial charge in [0.05, 0.1) is 9.77 Å². The third kappa shape index (κ3) is 3.81. The van der Waals surface area contributed by atoms with Crippen molar-refractivity contribution < 1.29 is 17.6 Å². The van der Waals surface area contributed by atoms with E-state index in [1.165, 1.54) is 17.4 Å². The average Bonchev–Trinajstić information content (AvgIpc) is 3.33. The van der Waals surface area contributed by atoms with Crippen LogP contribution in [0.5, 0.6) is 0 Å². The predicted octanol–water partition coefficient (Wildman–Crippen LogP) is 2.42. The highest BCUT2D eigenvalue weighted by atomic mass is 32.2. The summed E-state index contributed by atoms with van der Waals surface area (Å²) in [5.74, 6) is -0.179. The molecule has 0 radical (unpaired) electrons. The van der Waals surface area contributed by atoms with Crippen LogP contribution in [0.1, 0.15) is 48.7 Å². The molecule has 3 heterocycles. The first kappa shape index (κ1) is 19.0. The number of aromatic nitrogens is 2. The van der Waals surface area contributed by atoms with Crippen LogP contribution in [0.2, 0.25) is 0 Å². The molecule has 26 heavy (non-hydrogen) atoms. The van der Waals surface area contributed by atoms with E-state index in [9.17, 15) is 13.2 Å². The third-order valence-electron chi connectivity index (χ3n) is 4.34. The molecule has 10 heteroatoms. The highest BCUT2D eigenvalue weighted by molar-refractivity contribution is 7.89. The van der Waals surface area contributed by atoms with Gasteiger partial charge in [-0.15, -0.1) is 21.5 Å². The molecule has 8 nitrogen and oxygen atoms in total. The Balaban J connectivity index is 1.84. The summed E-state index contributed by atoms with van der Waals surface area (Å²) in [6, 6.07) is 1.36. The lowest BCUT2D eigenvalue weighted by Crippen LogP contribution is -2.32. The van der Waals surface area contributed by atoms with E-state index in [2.05, 4.69) is 14.9 Å². The largest absolute Gasteiger partial charge is 0.411 e. The quantitative estimate of drug-likeness (QED) is 0.801. The second kappa shape index (κ2) is 7.45. The first-order valence-corrected chi connectivity index (χ1v) is 10.9. The molecule has 1 atom stereocenters. The number of nitrogens with zero attached hydrogens (tertiary/aromatic N) is 3. The van der Waals surface area contributed by atoms with Gasteiger partial charge in [-0.05, 0) is 39.2 Å². The maximum atomic E-state index is 12.5. The highest BCUT2D eigenvalue weighted by Crippen LogP contribution is 2.33. The molecule has 0 saturated carbocycles. The molecule has 1 N–H and O–H groups in total. The van der Waals surface area contributed by atoms with Crippen LogP contribution in [-0.4, -0.2) is 48.6 Å².